The van der Waals surface area contributed by atoms with Crippen LogP contribution in [0.5, 0.6) is 0 Å². The Morgan fingerprint density at radius 3 is 1.80 bits per heavy atom. The van der Waals surface area contributed by atoms with Crippen LogP contribution < -0.4 is 0 Å². The molecule has 0 spiro atoms. The van der Waals surface area contributed by atoms with Crippen LogP contribution in [0.2, 0.25) is 0 Å². The van der Waals surface area contributed by atoms with Crippen molar-refractivity contribution in [2.75, 3.05) is 0 Å². The highest BCUT2D eigenvalue weighted by atomic mass is 14.2. The summed E-state index contributed by atoms with van der Waals surface area (Å²) in [5.41, 5.74) is 3.33. The van der Waals surface area contributed by atoms with Gasteiger partial charge in [0.05, 0.1) is 0 Å². The maximum atomic E-state index is 2.44. The minimum Gasteiger partial charge on any atom is -0.0810 e. The van der Waals surface area contributed by atoms with Crippen molar-refractivity contribution in [3.05, 3.63) is 23.3 Å². The third-order valence-electron chi connectivity index (χ3n) is 2.49. The van der Waals surface area contributed by atoms with Crippen LogP contribution in [-0.4, -0.2) is 0 Å². The highest BCUT2D eigenvalue weighted by Gasteiger charge is 2.11. The zero-order valence-corrected chi connectivity index (χ0v) is 6.40. The molecular weight excluding hydrogens is 120 g/mol. The first kappa shape index (κ1) is 6.21. The molecule has 54 valence electrons. The first-order valence-corrected chi connectivity index (χ1v) is 4.35. The Balaban J connectivity index is 2.25. The molecule has 0 radical (unpaired) electrons. The third kappa shape index (κ3) is 1.03. The van der Waals surface area contributed by atoms with Crippen molar-refractivity contribution in [1.29, 1.82) is 0 Å². The SMILES string of the molecule is C1=C2CCCC=C2CCC1. The van der Waals surface area contributed by atoms with Crippen molar-refractivity contribution in [1.82, 2.24) is 0 Å². The van der Waals surface area contributed by atoms with Gasteiger partial charge in [-0.1, -0.05) is 12.2 Å². The number of allylic oxidation sites excluding steroid dienone is 4. The second kappa shape index (κ2) is 2.61. The summed E-state index contributed by atoms with van der Waals surface area (Å²) in [6.07, 6.45) is 13.0. The van der Waals surface area contributed by atoms with Crippen LogP contribution in [0.1, 0.15) is 38.5 Å². The number of rotatable bonds is 0. The Morgan fingerprint density at radius 2 is 1.30 bits per heavy atom. The Morgan fingerprint density at radius 1 is 0.800 bits per heavy atom. The average molecular weight is 134 g/mol. The molecule has 0 N–H and O–H groups in total. The first-order chi connectivity index (χ1) is 4.97. The molecule has 0 heteroatoms. The summed E-state index contributed by atoms with van der Waals surface area (Å²) in [5, 5.41) is 0. The van der Waals surface area contributed by atoms with Gasteiger partial charge in [0.25, 0.3) is 0 Å². The fourth-order valence-electron chi connectivity index (χ4n) is 1.93. The van der Waals surface area contributed by atoms with Crippen LogP contribution >= 0.6 is 0 Å². The highest BCUT2D eigenvalue weighted by Crippen LogP contribution is 2.31. The standard InChI is InChI=1S/C10H14/c1-2-6-10-8-4-3-7-9(10)5-1/h5,8H,1-4,6-7H2. The van der Waals surface area contributed by atoms with Gasteiger partial charge in [-0.3, -0.25) is 0 Å². The minimum atomic E-state index is 1.33. The zero-order chi connectivity index (χ0) is 6.81. The molecule has 0 nitrogen and oxygen atoms in total. The van der Waals surface area contributed by atoms with Gasteiger partial charge in [0, 0.05) is 0 Å². The van der Waals surface area contributed by atoms with Crippen molar-refractivity contribution in [3.8, 4) is 0 Å². The normalized spacial score (nSPS) is 24.8. The molecule has 0 unspecified atom stereocenters. The number of hydrogen-bond acceptors (Lipinski definition) is 0. The van der Waals surface area contributed by atoms with Crippen LogP contribution in [0, 0.1) is 0 Å². The van der Waals surface area contributed by atoms with E-state index in [4.69, 9.17) is 0 Å². The number of hydrogen-bond donors (Lipinski definition) is 0. The van der Waals surface area contributed by atoms with Crippen molar-refractivity contribution >= 4 is 0 Å². The Bertz CT molecular complexity index is 162. The van der Waals surface area contributed by atoms with Crippen LogP contribution in [0.3, 0.4) is 0 Å². The largest absolute Gasteiger partial charge is 0.0810 e. The van der Waals surface area contributed by atoms with E-state index in [-0.39, 0.29) is 0 Å². The van der Waals surface area contributed by atoms with E-state index in [9.17, 15) is 0 Å². The van der Waals surface area contributed by atoms with Crippen molar-refractivity contribution < 1.29 is 0 Å². The fraction of sp³-hybridized carbons (Fsp3) is 0.600. The monoisotopic (exact) mass is 134 g/mol. The summed E-state index contributed by atoms with van der Waals surface area (Å²) < 4.78 is 0. The summed E-state index contributed by atoms with van der Waals surface area (Å²) in [6.45, 7) is 0. The second-order valence-electron chi connectivity index (χ2n) is 3.24. The predicted octanol–water partition coefficient (Wildman–Crippen LogP) is 3.21. The van der Waals surface area contributed by atoms with Gasteiger partial charge in [0.1, 0.15) is 0 Å². The average Bonchev–Trinajstić information content (AvgIpc) is 2.05. The summed E-state index contributed by atoms with van der Waals surface area (Å²) in [5.74, 6) is 0. The van der Waals surface area contributed by atoms with Gasteiger partial charge < -0.3 is 0 Å². The van der Waals surface area contributed by atoms with E-state index in [2.05, 4.69) is 12.2 Å². The molecule has 0 aromatic heterocycles. The predicted molar refractivity (Wildman–Crippen MR) is 43.9 cm³/mol. The smallest absolute Gasteiger partial charge is 0.0276 e. The van der Waals surface area contributed by atoms with E-state index in [1.807, 2.05) is 0 Å². The Hall–Kier alpha value is -0.520. The van der Waals surface area contributed by atoms with E-state index >= 15 is 0 Å². The lowest BCUT2D eigenvalue weighted by molar-refractivity contribution is 0.715. The molecule has 2 rings (SSSR count). The molecule has 0 aromatic carbocycles. The molecule has 10 heavy (non-hydrogen) atoms. The molecule has 0 saturated carbocycles. The lowest BCUT2D eigenvalue weighted by Gasteiger charge is -2.20. The van der Waals surface area contributed by atoms with Gasteiger partial charge in [-0.15, -0.1) is 0 Å². The molecular formula is C10H14. The quantitative estimate of drug-likeness (QED) is 0.477. The lowest BCUT2D eigenvalue weighted by Crippen LogP contribution is -2.00. The summed E-state index contributed by atoms with van der Waals surface area (Å²) in [7, 11) is 0. The van der Waals surface area contributed by atoms with Gasteiger partial charge in [0.15, 0.2) is 0 Å². The first-order valence-electron chi connectivity index (χ1n) is 4.35. The molecule has 2 aliphatic carbocycles. The van der Waals surface area contributed by atoms with Crippen LogP contribution in [0.25, 0.3) is 0 Å². The van der Waals surface area contributed by atoms with E-state index in [0.29, 0.717) is 0 Å². The van der Waals surface area contributed by atoms with Crippen LogP contribution in [0.15, 0.2) is 23.3 Å². The lowest BCUT2D eigenvalue weighted by atomic mass is 9.86. The van der Waals surface area contributed by atoms with Gasteiger partial charge in [-0.05, 0) is 49.7 Å². The van der Waals surface area contributed by atoms with Crippen LogP contribution in [-0.2, 0) is 0 Å². The highest BCUT2D eigenvalue weighted by molar-refractivity contribution is 5.34. The minimum absolute atomic E-state index is 1.33. The summed E-state index contributed by atoms with van der Waals surface area (Å²) >= 11 is 0. The van der Waals surface area contributed by atoms with E-state index in [1.165, 1.54) is 38.5 Å². The Labute approximate surface area is 62.6 Å². The van der Waals surface area contributed by atoms with Crippen molar-refractivity contribution in [3.63, 3.8) is 0 Å². The van der Waals surface area contributed by atoms with Gasteiger partial charge in [-0.25, -0.2) is 0 Å². The topological polar surface area (TPSA) is 0 Å². The molecule has 0 aliphatic heterocycles. The Kier molecular flexibility index (Phi) is 1.62. The van der Waals surface area contributed by atoms with Crippen molar-refractivity contribution in [2.45, 2.75) is 38.5 Å². The maximum absolute atomic E-state index is 2.44. The molecule has 0 fully saturated rings. The van der Waals surface area contributed by atoms with Gasteiger partial charge >= 0.3 is 0 Å². The van der Waals surface area contributed by atoms with E-state index < -0.39 is 0 Å². The second-order valence-corrected chi connectivity index (χ2v) is 3.24. The molecule has 0 bridgehead atoms. The van der Waals surface area contributed by atoms with E-state index in [0.717, 1.165) is 0 Å². The zero-order valence-electron chi connectivity index (χ0n) is 6.40. The molecule has 0 aromatic rings. The third-order valence-corrected chi connectivity index (χ3v) is 2.49. The van der Waals surface area contributed by atoms with Crippen molar-refractivity contribution in [2.24, 2.45) is 0 Å². The summed E-state index contributed by atoms with van der Waals surface area (Å²) in [4.78, 5) is 0. The molecule has 2 aliphatic rings. The molecule has 0 atom stereocenters. The van der Waals surface area contributed by atoms with Gasteiger partial charge in [-0.2, -0.15) is 0 Å². The maximum Gasteiger partial charge on any atom is -0.0276 e. The summed E-state index contributed by atoms with van der Waals surface area (Å²) in [6, 6.07) is 0. The van der Waals surface area contributed by atoms with E-state index in [1.54, 1.807) is 11.1 Å². The molecule has 0 amide bonds. The van der Waals surface area contributed by atoms with Gasteiger partial charge in [0.2, 0.25) is 0 Å². The number of fused-ring (bicyclic) bond motifs is 1. The fourth-order valence-corrected chi connectivity index (χ4v) is 1.93. The van der Waals surface area contributed by atoms with Crippen LogP contribution in [0.4, 0.5) is 0 Å². The molecule has 0 heterocycles. The molecule has 0 saturated heterocycles.